The van der Waals surface area contributed by atoms with Gasteiger partial charge in [0.15, 0.2) is 0 Å². The van der Waals surface area contributed by atoms with Gasteiger partial charge in [0.1, 0.15) is 18.2 Å². The lowest BCUT2D eigenvalue weighted by molar-refractivity contribution is -0.137. The molecule has 0 atom stereocenters. The molecule has 0 N–H and O–H groups in total. The van der Waals surface area contributed by atoms with Crippen molar-refractivity contribution in [2.45, 2.75) is 26.6 Å². The quantitative estimate of drug-likeness (QED) is 0.150. The number of oxime groups is 1. The zero-order valence-electron chi connectivity index (χ0n) is 19.9. The van der Waals surface area contributed by atoms with E-state index in [1.807, 2.05) is 41.8 Å². The topological polar surface area (TPSA) is 35.8 Å². The van der Waals surface area contributed by atoms with Crippen LogP contribution in [0.5, 0.6) is 5.75 Å². The zero-order chi connectivity index (χ0) is 25.9. The van der Waals surface area contributed by atoms with Gasteiger partial charge in [0, 0.05) is 16.9 Å². The molecule has 0 amide bonds. The van der Waals surface area contributed by atoms with Gasteiger partial charge in [-0.05, 0) is 91.7 Å². The number of methoxy groups -OCH3 is 1. The van der Waals surface area contributed by atoms with Crippen LogP contribution < -0.4 is 4.74 Å². The van der Waals surface area contributed by atoms with Crippen LogP contribution in [0.15, 0.2) is 84.0 Å². The Balaban J connectivity index is 1.64. The molecule has 4 aromatic rings. The Morgan fingerprint density at radius 2 is 1.56 bits per heavy atom. The van der Waals surface area contributed by atoms with Crippen LogP contribution in [0.3, 0.4) is 0 Å². The lowest BCUT2D eigenvalue weighted by atomic mass is 10.1. The van der Waals surface area contributed by atoms with Crippen LogP contribution in [-0.4, -0.2) is 17.4 Å². The number of hydrogen-bond acceptors (Lipinski definition) is 3. The molecule has 3 aromatic carbocycles. The van der Waals surface area contributed by atoms with Gasteiger partial charge < -0.3 is 14.1 Å². The molecule has 0 saturated carbocycles. The van der Waals surface area contributed by atoms with Crippen LogP contribution in [0, 0.1) is 12.7 Å². The van der Waals surface area contributed by atoms with Gasteiger partial charge >= 0.3 is 6.18 Å². The lowest BCUT2D eigenvalue weighted by Gasteiger charge is -2.13. The molecule has 8 heteroatoms. The maximum atomic E-state index is 13.6. The molecule has 0 aliphatic heterocycles. The first-order valence-corrected chi connectivity index (χ1v) is 11.1. The van der Waals surface area contributed by atoms with Gasteiger partial charge in [-0.25, -0.2) is 4.39 Å². The predicted molar refractivity (Wildman–Crippen MR) is 131 cm³/mol. The standard InChI is InChI=1S/C28H24F4N2O2/c1-18(33-36-17-20-4-8-22(9-5-20)28(30,31)32)26-16-27(21-6-10-23(29)11-7-21)34(19(26)2)24-12-14-25(35-3)15-13-24/h4-16H,17H2,1-3H3/b33-18-. The van der Waals surface area contributed by atoms with E-state index in [0.717, 1.165) is 46.1 Å². The minimum absolute atomic E-state index is 0.0263. The number of benzene rings is 3. The van der Waals surface area contributed by atoms with E-state index in [9.17, 15) is 17.6 Å². The molecule has 4 nitrogen and oxygen atoms in total. The summed E-state index contributed by atoms with van der Waals surface area (Å²) < 4.78 is 59.2. The summed E-state index contributed by atoms with van der Waals surface area (Å²) in [5.74, 6) is 0.397. The Morgan fingerprint density at radius 1 is 0.917 bits per heavy atom. The van der Waals surface area contributed by atoms with E-state index in [0.29, 0.717) is 11.3 Å². The normalized spacial score (nSPS) is 12.0. The highest BCUT2D eigenvalue weighted by atomic mass is 19.4. The predicted octanol–water partition coefficient (Wildman–Crippen LogP) is 7.56. The molecule has 0 unspecified atom stereocenters. The highest BCUT2D eigenvalue weighted by molar-refractivity contribution is 6.01. The molecule has 1 heterocycles. The van der Waals surface area contributed by atoms with Gasteiger partial charge in [-0.2, -0.15) is 13.2 Å². The molecule has 36 heavy (non-hydrogen) atoms. The second-order valence-electron chi connectivity index (χ2n) is 8.21. The fourth-order valence-corrected chi connectivity index (χ4v) is 3.91. The molecule has 0 radical (unpaired) electrons. The number of nitrogens with zero attached hydrogens (tertiary/aromatic N) is 2. The van der Waals surface area contributed by atoms with E-state index < -0.39 is 11.7 Å². The van der Waals surface area contributed by atoms with Crippen molar-refractivity contribution in [3.63, 3.8) is 0 Å². The number of aromatic nitrogens is 1. The van der Waals surface area contributed by atoms with E-state index in [-0.39, 0.29) is 12.4 Å². The molecule has 1 aromatic heterocycles. The van der Waals surface area contributed by atoms with Gasteiger partial charge in [0.2, 0.25) is 0 Å². The van der Waals surface area contributed by atoms with Gasteiger partial charge in [0.25, 0.3) is 0 Å². The summed E-state index contributed by atoms with van der Waals surface area (Å²) in [6, 6.07) is 20.5. The fourth-order valence-electron chi connectivity index (χ4n) is 3.91. The van der Waals surface area contributed by atoms with Crippen LogP contribution in [0.1, 0.15) is 29.3 Å². The summed E-state index contributed by atoms with van der Waals surface area (Å²) in [7, 11) is 1.60. The third kappa shape index (κ3) is 5.43. The fraction of sp³-hybridized carbons (Fsp3) is 0.179. The molecular weight excluding hydrogens is 472 g/mol. The highest BCUT2D eigenvalue weighted by Crippen LogP contribution is 2.31. The summed E-state index contributed by atoms with van der Waals surface area (Å²) >= 11 is 0. The molecular formula is C28H24F4N2O2. The summed E-state index contributed by atoms with van der Waals surface area (Å²) in [4.78, 5) is 5.45. The van der Waals surface area contributed by atoms with Crippen molar-refractivity contribution in [1.82, 2.24) is 4.57 Å². The van der Waals surface area contributed by atoms with Crippen molar-refractivity contribution in [3.05, 3.63) is 107 Å². The maximum Gasteiger partial charge on any atom is 0.416 e. The maximum absolute atomic E-state index is 13.6. The molecule has 0 aliphatic rings. The number of halogens is 4. The van der Waals surface area contributed by atoms with E-state index >= 15 is 0 Å². The monoisotopic (exact) mass is 496 g/mol. The van der Waals surface area contributed by atoms with E-state index in [2.05, 4.69) is 5.16 Å². The van der Waals surface area contributed by atoms with E-state index in [1.165, 1.54) is 24.3 Å². The lowest BCUT2D eigenvalue weighted by Crippen LogP contribution is -2.04. The first kappa shape index (κ1) is 25.0. The second-order valence-corrected chi connectivity index (χ2v) is 8.21. The molecule has 0 saturated heterocycles. The van der Waals surface area contributed by atoms with Crippen LogP contribution in [0.2, 0.25) is 0 Å². The number of alkyl halides is 3. The number of ether oxygens (including phenoxy) is 1. The molecule has 0 spiro atoms. The van der Waals surface area contributed by atoms with Crippen molar-refractivity contribution in [2.75, 3.05) is 7.11 Å². The van der Waals surface area contributed by atoms with Gasteiger partial charge in [-0.15, -0.1) is 0 Å². The van der Waals surface area contributed by atoms with E-state index in [1.54, 1.807) is 26.2 Å². The molecule has 0 bridgehead atoms. The highest BCUT2D eigenvalue weighted by Gasteiger charge is 2.29. The van der Waals surface area contributed by atoms with Gasteiger partial charge in [-0.1, -0.05) is 17.3 Å². The van der Waals surface area contributed by atoms with Crippen molar-refractivity contribution in [3.8, 4) is 22.7 Å². The molecule has 186 valence electrons. The SMILES string of the molecule is COc1ccc(-n2c(-c3ccc(F)cc3)cc(/C(C)=N\OCc3ccc(C(F)(F)F)cc3)c2C)cc1. The first-order valence-electron chi connectivity index (χ1n) is 11.1. The summed E-state index contributed by atoms with van der Waals surface area (Å²) in [5, 5.41) is 4.21. The largest absolute Gasteiger partial charge is 0.497 e. The average molecular weight is 497 g/mol. The van der Waals surface area contributed by atoms with Crippen molar-refractivity contribution < 1.29 is 27.1 Å². The minimum Gasteiger partial charge on any atom is -0.497 e. The van der Waals surface area contributed by atoms with Crippen LogP contribution >= 0.6 is 0 Å². The Labute approximate surface area is 206 Å². The Bertz CT molecular complexity index is 1360. The van der Waals surface area contributed by atoms with Crippen molar-refractivity contribution >= 4 is 5.71 Å². The third-order valence-electron chi connectivity index (χ3n) is 5.82. The Kier molecular flexibility index (Phi) is 7.15. The van der Waals surface area contributed by atoms with Crippen LogP contribution in [0.4, 0.5) is 17.6 Å². The van der Waals surface area contributed by atoms with Crippen LogP contribution in [-0.2, 0) is 17.6 Å². The Hall–Kier alpha value is -4.07. The zero-order valence-corrected chi connectivity index (χ0v) is 19.9. The molecule has 4 rings (SSSR count). The second kappa shape index (κ2) is 10.3. The van der Waals surface area contributed by atoms with Gasteiger partial charge in [0.05, 0.1) is 24.1 Å². The number of hydrogen-bond donors (Lipinski definition) is 0. The summed E-state index contributed by atoms with van der Waals surface area (Å²) in [5.41, 5.74) is 4.70. The van der Waals surface area contributed by atoms with Gasteiger partial charge in [-0.3, -0.25) is 0 Å². The van der Waals surface area contributed by atoms with Crippen molar-refractivity contribution in [1.29, 1.82) is 0 Å². The average Bonchev–Trinajstić information content (AvgIpc) is 3.21. The minimum atomic E-state index is -4.38. The first-order chi connectivity index (χ1) is 17.2. The molecule has 0 aliphatic carbocycles. The smallest absolute Gasteiger partial charge is 0.416 e. The van der Waals surface area contributed by atoms with E-state index in [4.69, 9.17) is 9.57 Å². The molecule has 0 fully saturated rings. The summed E-state index contributed by atoms with van der Waals surface area (Å²) in [6.45, 7) is 3.77. The van der Waals surface area contributed by atoms with Crippen LogP contribution in [0.25, 0.3) is 16.9 Å². The third-order valence-corrected chi connectivity index (χ3v) is 5.82. The Morgan fingerprint density at radius 3 is 2.14 bits per heavy atom. The summed E-state index contributed by atoms with van der Waals surface area (Å²) in [6.07, 6.45) is -4.38. The van der Waals surface area contributed by atoms with Crippen molar-refractivity contribution in [2.24, 2.45) is 5.16 Å². The number of rotatable bonds is 7.